The topological polar surface area (TPSA) is 46.5 Å². The van der Waals surface area contributed by atoms with Gasteiger partial charge in [0.25, 0.3) is 0 Å². The number of carbonyl (C=O) groups is 1. The van der Waals surface area contributed by atoms with E-state index in [-0.39, 0.29) is 12.4 Å². The lowest BCUT2D eigenvalue weighted by molar-refractivity contribution is -0.142. The number of rotatable bonds is 11. The Hall–Kier alpha value is -0.830. The van der Waals surface area contributed by atoms with Gasteiger partial charge in [-0.25, -0.2) is 0 Å². The van der Waals surface area contributed by atoms with Crippen LogP contribution < -0.4 is 0 Å². The SMILES string of the molecule is CCCCCCCCC(O)/C=C/CC(=O)OCC. The molecule has 1 atom stereocenters. The maximum Gasteiger partial charge on any atom is 0.309 e. The zero-order chi connectivity index (χ0) is 13.6. The van der Waals surface area contributed by atoms with Crippen molar-refractivity contribution in [1.82, 2.24) is 0 Å². The van der Waals surface area contributed by atoms with E-state index in [2.05, 4.69) is 6.92 Å². The predicted octanol–water partition coefficient (Wildman–Crippen LogP) is 3.61. The number of aliphatic hydroxyl groups is 1. The molecule has 3 nitrogen and oxygen atoms in total. The molecule has 0 saturated carbocycles. The number of aliphatic hydroxyl groups excluding tert-OH is 1. The summed E-state index contributed by atoms with van der Waals surface area (Å²) in [6.07, 6.45) is 11.4. The molecule has 0 heterocycles. The van der Waals surface area contributed by atoms with Gasteiger partial charge in [-0.2, -0.15) is 0 Å². The number of hydrogen-bond acceptors (Lipinski definition) is 3. The molecule has 0 fully saturated rings. The summed E-state index contributed by atoms with van der Waals surface area (Å²) in [6.45, 7) is 4.40. The molecule has 0 aliphatic rings. The summed E-state index contributed by atoms with van der Waals surface area (Å²) in [4.78, 5) is 11.0. The summed E-state index contributed by atoms with van der Waals surface area (Å²) in [5, 5.41) is 9.66. The monoisotopic (exact) mass is 256 g/mol. The lowest BCUT2D eigenvalue weighted by Gasteiger charge is -2.05. The van der Waals surface area contributed by atoms with Crippen LogP contribution in [0.4, 0.5) is 0 Å². The standard InChI is InChI=1S/C15H28O3/c1-3-5-6-7-8-9-11-14(16)12-10-13-15(17)18-4-2/h10,12,14,16H,3-9,11,13H2,1-2H3/b12-10+. The van der Waals surface area contributed by atoms with Crippen LogP contribution in [0, 0.1) is 0 Å². The Balaban J connectivity index is 3.43. The summed E-state index contributed by atoms with van der Waals surface area (Å²) in [5.74, 6) is -0.236. The highest BCUT2D eigenvalue weighted by Crippen LogP contribution is 2.09. The molecule has 106 valence electrons. The van der Waals surface area contributed by atoms with E-state index < -0.39 is 6.10 Å². The van der Waals surface area contributed by atoms with Crippen LogP contribution in [0.3, 0.4) is 0 Å². The van der Waals surface area contributed by atoms with Gasteiger partial charge in [0.05, 0.1) is 19.1 Å². The van der Waals surface area contributed by atoms with Crippen LogP contribution in [-0.2, 0) is 9.53 Å². The highest BCUT2D eigenvalue weighted by Gasteiger charge is 2.01. The van der Waals surface area contributed by atoms with Gasteiger partial charge in [-0.1, -0.05) is 57.6 Å². The van der Waals surface area contributed by atoms with Gasteiger partial charge in [-0.15, -0.1) is 0 Å². The van der Waals surface area contributed by atoms with Crippen molar-refractivity contribution in [2.24, 2.45) is 0 Å². The summed E-state index contributed by atoms with van der Waals surface area (Å²) in [6, 6.07) is 0. The molecule has 3 heteroatoms. The quantitative estimate of drug-likeness (QED) is 0.349. The minimum Gasteiger partial charge on any atom is -0.466 e. The van der Waals surface area contributed by atoms with Crippen LogP contribution in [-0.4, -0.2) is 23.8 Å². The fraction of sp³-hybridized carbons (Fsp3) is 0.800. The maximum atomic E-state index is 11.0. The highest BCUT2D eigenvalue weighted by molar-refractivity contribution is 5.71. The average molecular weight is 256 g/mol. The number of hydrogen-bond donors (Lipinski definition) is 1. The van der Waals surface area contributed by atoms with Crippen LogP contribution >= 0.6 is 0 Å². The van der Waals surface area contributed by atoms with Crippen molar-refractivity contribution in [3.63, 3.8) is 0 Å². The van der Waals surface area contributed by atoms with Gasteiger partial charge >= 0.3 is 5.97 Å². The van der Waals surface area contributed by atoms with Crippen LogP contribution in [0.25, 0.3) is 0 Å². The number of unbranched alkanes of at least 4 members (excludes halogenated alkanes) is 5. The molecule has 0 aromatic carbocycles. The third-order valence-electron chi connectivity index (χ3n) is 2.80. The molecule has 0 bridgehead atoms. The van der Waals surface area contributed by atoms with Gasteiger partial charge in [-0.3, -0.25) is 4.79 Å². The van der Waals surface area contributed by atoms with Crippen LogP contribution in [0.15, 0.2) is 12.2 Å². The fourth-order valence-corrected chi connectivity index (χ4v) is 1.77. The summed E-state index contributed by atoms with van der Waals surface area (Å²) in [7, 11) is 0. The summed E-state index contributed by atoms with van der Waals surface area (Å²) < 4.78 is 4.79. The van der Waals surface area contributed by atoms with E-state index in [1.165, 1.54) is 32.1 Å². The molecule has 0 radical (unpaired) electrons. The first-order chi connectivity index (χ1) is 8.70. The molecule has 1 N–H and O–H groups in total. The first-order valence-electron chi connectivity index (χ1n) is 7.21. The Bertz CT molecular complexity index is 224. The molecule has 1 unspecified atom stereocenters. The molecule has 0 spiro atoms. The van der Waals surface area contributed by atoms with E-state index in [4.69, 9.17) is 4.74 Å². The molecule has 0 aliphatic heterocycles. The molecule has 0 saturated heterocycles. The largest absolute Gasteiger partial charge is 0.466 e. The van der Waals surface area contributed by atoms with Crippen molar-refractivity contribution < 1.29 is 14.6 Å². The maximum absolute atomic E-state index is 11.0. The highest BCUT2D eigenvalue weighted by atomic mass is 16.5. The Morgan fingerprint density at radius 1 is 1.17 bits per heavy atom. The normalized spacial score (nSPS) is 12.8. The van der Waals surface area contributed by atoms with E-state index in [1.54, 1.807) is 19.1 Å². The average Bonchev–Trinajstić information content (AvgIpc) is 2.34. The van der Waals surface area contributed by atoms with Crippen LogP contribution in [0.1, 0.15) is 65.2 Å². The first-order valence-corrected chi connectivity index (χ1v) is 7.21. The Kier molecular flexibility index (Phi) is 12.0. The second-order valence-corrected chi connectivity index (χ2v) is 4.56. The van der Waals surface area contributed by atoms with Crippen molar-refractivity contribution in [3.8, 4) is 0 Å². The van der Waals surface area contributed by atoms with Gasteiger partial charge in [0.2, 0.25) is 0 Å². The van der Waals surface area contributed by atoms with Crippen molar-refractivity contribution in [1.29, 1.82) is 0 Å². The lowest BCUT2D eigenvalue weighted by atomic mass is 10.1. The zero-order valence-electron chi connectivity index (χ0n) is 11.9. The predicted molar refractivity (Wildman–Crippen MR) is 74.4 cm³/mol. The van der Waals surface area contributed by atoms with Crippen LogP contribution in [0.2, 0.25) is 0 Å². The molecule has 0 aromatic rings. The van der Waals surface area contributed by atoms with Gasteiger partial charge in [0.15, 0.2) is 0 Å². The van der Waals surface area contributed by atoms with E-state index in [1.807, 2.05) is 0 Å². The zero-order valence-corrected chi connectivity index (χ0v) is 11.9. The van der Waals surface area contributed by atoms with Gasteiger partial charge < -0.3 is 9.84 Å². The Morgan fingerprint density at radius 3 is 2.50 bits per heavy atom. The van der Waals surface area contributed by atoms with E-state index in [9.17, 15) is 9.90 Å². The van der Waals surface area contributed by atoms with Crippen molar-refractivity contribution in [2.45, 2.75) is 71.3 Å². The summed E-state index contributed by atoms with van der Waals surface area (Å²) in [5.41, 5.74) is 0. The smallest absolute Gasteiger partial charge is 0.309 e. The number of esters is 1. The third kappa shape index (κ3) is 11.6. The Labute approximate surface area is 111 Å². The lowest BCUT2D eigenvalue weighted by Crippen LogP contribution is -2.04. The van der Waals surface area contributed by atoms with E-state index in [0.29, 0.717) is 6.61 Å². The molecule has 0 rings (SSSR count). The van der Waals surface area contributed by atoms with E-state index in [0.717, 1.165) is 12.8 Å². The molecule has 0 amide bonds. The molecular formula is C15H28O3. The Morgan fingerprint density at radius 2 is 1.83 bits per heavy atom. The molecule has 0 aliphatic carbocycles. The van der Waals surface area contributed by atoms with E-state index >= 15 is 0 Å². The third-order valence-corrected chi connectivity index (χ3v) is 2.80. The number of ether oxygens (including phenoxy) is 1. The van der Waals surface area contributed by atoms with Gasteiger partial charge in [0, 0.05) is 0 Å². The second kappa shape index (κ2) is 12.6. The minimum atomic E-state index is -0.425. The number of carbonyl (C=O) groups excluding carboxylic acids is 1. The fourth-order valence-electron chi connectivity index (χ4n) is 1.77. The second-order valence-electron chi connectivity index (χ2n) is 4.56. The minimum absolute atomic E-state index is 0.236. The van der Waals surface area contributed by atoms with Crippen molar-refractivity contribution >= 4 is 5.97 Å². The summed E-state index contributed by atoms with van der Waals surface area (Å²) >= 11 is 0. The van der Waals surface area contributed by atoms with Gasteiger partial charge in [-0.05, 0) is 13.3 Å². The molecule has 18 heavy (non-hydrogen) atoms. The van der Waals surface area contributed by atoms with Crippen molar-refractivity contribution in [2.75, 3.05) is 6.61 Å². The first kappa shape index (κ1) is 17.2. The van der Waals surface area contributed by atoms with Gasteiger partial charge in [0.1, 0.15) is 0 Å². The molecule has 0 aromatic heterocycles. The van der Waals surface area contributed by atoms with Crippen molar-refractivity contribution in [3.05, 3.63) is 12.2 Å². The van der Waals surface area contributed by atoms with Crippen LogP contribution in [0.5, 0.6) is 0 Å². The molecular weight excluding hydrogens is 228 g/mol.